The van der Waals surface area contributed by atoms with E-state index in [1.165, 1.54) is 19.3 Å². The number of aliphatic imine (C=N–C) groups is 1. The van der Waals surface area contributed by atoms with Crippen LogP contribution < -0.4 is 20.7 Å². The number of hydrogen-bond donors (Lipinski definition) is 3. The Balaban J connectivity index is 2.47. The number of benzene rings is 1. The maximum Gasteiger partial charge on any atom is 0.419 e. The second-order valence-electron chi connectivity index (χ2n) is 9.02. The van der Waals surface area contributed by atoms with Crippen LogP contribution in [0.1, 0.15) is 26.3 Å². The van der Waals surface area contributed by atoms with Gasteiger partial charge in [-0.15, -0.1) is 0 Å². The molecule has 0 radical (unpaired) electrons. The minimum absolute atomic E-state index is 0.0316. The molecule has 0 aliphatic heterocycles. The molecule has 8 nitrogen and oxygen atoms in total. The summed E-state index contributed by atoms with van der Waals surface area (Å²) in [6, 6.07) is 11.5. The number of pyridine rings is 1. The Labute approximate surface area is 209 Å². The van der Waals surface area contributed by atoms with Crippen LogP contribution in [0.5, 0.6) is 0 Å². The Morgan fingerprint density at radius 1 is 1.14 bits per heavy atom. The van der Waals surface area contributed by atoms with Crippen LogP contribution in [0.4, 0.5) is 24.7 Å². The summed E-state index contributed by atoms with van der Waals surface area (Å²) in [4.78, 5) is 8.10. The number of guanidine groups is 1. The van der Waals surface area contributed by atoms with Crippen molar-refractivity contribution in [1.29, 1.82) is 0 Å². The van der Waals surface area contributed by atoms with Crippen LogP contribution in [0, 0.1) is 5.41 Å². The Hall–Kier alpha value is -3.54. The molecule has 12 heteroatoms. The molecule has 2 rings (SSSR count). The highest BCUT2D eigenvalue weighted by Crippen LogP contribution is 2.32. The highest BCUT2D eigenvalue weighted by atomic mass is 32.2. The molecule has 0 fully saturated rings. The van der Waals surface area contributed by atoms with Crippen molar-refractivity contribution in [3.05, 3.63) is 77.8 Å². The first-order valence-electron chi connectivity index (χ1n) is 10.9. The van der Waals surface area contributed by atoms with Crippen LogP contribution in [-0.4, -0.2) is 38.8 Å². The third-order valence-corrected chi connectivity index (χ3v) is 5.87. The lowest BCUT2D eigenvalue weighted by molar-refractivity contribution is -0.0890. The first-order chi connectivity index (χ1) is 16.6. The van der Waals surface area contributed by atoms with Crippen LogP contribution in [-0.2, 0) is 16.6 Å². The molecule has 0 bridgehead atoms. The molecule has 0 spiro atoms. The maximum absolute atomic E-state index is 14.1. The van der Waals surface area contributed by atoms with Crippen molar-refractivity contribution >= 4 is 27.5 Å². The third kappa shape index (κ3) is 8.91. The molecule has 0 unspecified atom stereocenters. The Kier molecular flexibility index (Phi) is 9.14. The lowest BCUT2D eigenvalue weighted by Gasteiger charge is -2.19. The molecule has 0 atom stereocenters. The van der Waals surface area contributed by atoms with Crippen molar-refractivity contribution in [1.82, 2.24) is 10.3 Å². The quantitative estimate of drug-likeness (QED) is 0.269. The second-order valence-corrected chi connectivity index (χ2v) is 11.0. The Morgan fingerprint density at radius 3 is 2.33 bits per heavy atom. The summed E-state index contributed by atoms with van der Waals surface area (Å²) < 4.78 is 67.0. The van der Waals surface area contributed by atoms with Gasteiger partial charge in [-0.2, -0.15) is 18.2 Å². The number of aromatic nitrogens is 1. The first kappa shape index (κ1) is 28.7. The number of sulfonamides is 1. The molecule has 0 amide bonds. The van der Waals surface area contributed by atoms with Gasteiger partial charge in [0, 0.05) is 31.0 Å². The molecule has 36 heavy (non-hydrogen) atoms. The molecule has 1 aromatic heterocycles. The minimum atomic E-state index is -4.72. The fourth-order valence-corrected chi connectivity index (χ4v) is 3.29. The summed E-state index contributed by atoms with van der Waals surface area (Å²) in [7, 11) is -2.24. The predicted octanol–water partition coefficient (Wildman–Crippen LogP) is 4.37. The number of nitrogens with one attached hydrogen (secondary N) is 2. The SMILES string of the molecule is CN(c1ncccc1CN/C(N)=N/C(Nc1ccccc1)=C(\C=C\C(C)(C)C)C(F)(F)F)S(C)(=O)=O. The zero-order chi connectivity index (χ0) is 27.1. The van der Waals surface area contributed by atoms with E-state index in [0.29, 0.717) is 11.3 Å². The average Bonchev–Trinajstić information content (AvgIpc) is 2.75. The molecular formula is C24H31F3N6O2S. The van der Waals surface area contributed by atoms with Crippen molar-refractivity contribution in [2.75, 3.05) is 22.9 Å². The normalized spacial score (nSPS) is 13.9. The van der Waals surface area contributed by atoms with Gasteiger partial charge in [-0.1, -0.05) is 51.1 Å². The Bertz CT molecular complexity index is 1230. The molecule has 1 heterocycles. The molecule has 0 aliphatic carbocycles. The topological polar surface area (TPSA) is 113 Å². The summed E-state index contributed by atoms with van der Waals surface area (Å²) in [5, 5.41) is 5.44. The minimum Gasteiger partial charge on any atom is -0.370 e. The van der Waals surface area contributed by atoms with E-state index < -0.39 is 33.0 Å². The van der Waals surface area contributed by atoms with Gasteiger partial charge in [0.2, 0.25) is 10.0 Å². The fourth-order valence-electron chi connectivity index (χ4n) is 2.81. The van der Waals surface area contributed by atoms with Crippen molar-refractivity contribution in [3.8, 4) is 0 Å². The highest BCUT2D eigenvalue weighted by molar-refractivity contribution is 7.92. The molecule has 0 saturated carbocycles. The molecule has 196 valence electrons. The number of para-hydroxylation sites is 1. The van der Waals surface area contributed by atoms with Gasteiger partial charge in [0.05, 0.1) is 11.8 Å². The smallest absolute Gasteiger partial charge is 0.370 e. The van der Waals surface area contributed by atoms with Gasteiger partial charge in [0.1, 0.15) is 11.6 Å². The average molecular weight is 525 g/mol. The van der Waals surface area contributed by atoms with Crippen LogP contribution in [0.2, 0.25) is 0 Å². The molecule has 2 aromatic rings. The first-order valence-corrected chi connectivity index (χ1v) is 12.7. The number of alkyl halides is 3. The summed E-state index contributed by atoms with van der Waals surface area (Å²) >= 11 is 0. The summed E-state index contributed by atoms with van der Waals surface area (Å²) in [6.07, 6.45) is 0.148. The summed E-state index contributed by atoms with van der Waals surface area (Å²) in [5.74, 6) is -0.655. The van der Waals surface area contributed by atoms with Gasteiger partial charge in [0.25, 0.3) is 0 Å². The zero-order valence-corrected chi connectivity index (χ0v) is 21.6. The van der Waals surface area contributed by atoms with E-state index in [0.717, 1.165) is 16.6 Å². The zero-order valence-electron chi connectivity index (χ0n) is 20.8. The summed E-state index contributed by atoms with van der Waals surface area (Å²) in [6.45, 7) is 5.30. The van der Waals surface area contributed by atoms with Crippen molar-refractivity contribution < 1.29 is 21.6 Å². The highest BCUT2D eigenvalue weighted by Gasteiger charge is 2.35. The van der Waals surface area contributed by atoms with E-state index in [2.05, 4.69) is 20.6 Å². The van der Waals surface area contributed by atoms with Gasteiger partial charge in [-0.3, -0.25) is 4.31 Å². The maximum atomic E-state index is 14.1. The van der Waals surface area contributed by atoms with Crippen LogP contribution >= 0.6 is 0 Å². The largest absolute Gasteiger partial charge is 0.419 e. The van der Waals surface area contributed by atoms with Crippen molar-refractivity contribution in [2.45, 2.75) is 33.5 Å². The van der Waals surface area contributed by atoms with E-state index in [-0.39, 0.29) is 18.3 Å². The van der Waals surface area contributed by atoms with Crippen molar-refractivity contribution in [3.63, 3.8) is 0 Å². The monoisotopic (exact) mass is 524 g/mol. The number of nitrogens with two attached hydrogens (primary N) is 1. The van der Waals surface area contributed by atoms with E-state index in [1.807, 2.05) is 0 Å². The third-order valence-electron chi connectivity index (χ3n) is 4.70. The van der Waals surface area contributed by atoms with Gasteiger partial charge in [-0.25, -0.2) is 13.4 Å². The lowest BCUT2D eigenvalue weighted by Crippen LogP contribution is -2.33. The van der Waals surface area contributed by atoms with Crippen LogP contribution in [0.25, 0.3) is 0 Å². The molecule has 1 aromatic carbocycles. The molecule has 0 aliphatic rings. The van der Waals surface area contributed by atoms with Gasteiger partial charge < -0.3 is 16.4 Å². The van der Waals surface area contributed by atoms with E-state index in [4.69, 9.17) is 5.73 Å². The molecule has 0 saturated heterocycles. The number of rotatable bonds is 8. The van der Waals surface area contributed by atoms with Crippen molar-refractivity contribution in [2.24, 2.45) is 16.1 Å². The second kappa shape index (κ2) is 11.5. The van der Waals surface area contributed by atoms with E-state index >= 15 is 0 Å². The number of hydrogen-bond acceptors (Lipinski definition) is 5. The van der Waals surface area contributed by atoms with Gasteiger partial charge in [0.15, 0.2) is 5.96 Å². The number of allylic oxidation sites excluding steroid dienone is 3. The lowest BCUT2D eigenvalue weighted by atomic mass is 9.95. The van der Waals surface area contributed by atoms with Crippen LogP contribution in [0.15, 0.2) is 77.2 Å². The molecule has 4 N–H and O–H groups in total. The molecular weight excluding hydrogens is 493 g/mol. The number of anilines is 2. The summed E-state index contributed by atoms with van der Waals surface area (Å²) in [5.41, 5.74) is 5.29. The predicted molar refractivity (Wildman–Crippen MR) is 138 cm³/mol. The van der Waals surface area contributed by atoms with E-state index in [1.54, 1.807) is 63.2 Å². The Morgan fingerprint density at radius 2 is 1.78 bits per heavy atom. The van der Waals surface area contributed by atoms with Gasteiger partial charge in [-0.05, 0) is 29.7 Å². The number of nitrogens with zero attached hydrogens (tertiary/aromatic N) is 3. The van der Waals surface area contributed by atoms with Gasteiger partial charge >= 0.3 is 6.18 Å². The standard InChI is InChI=1S/C24H31F3N6O2S/c1-23(2,3)14-13-19(24(25,26)27)20(31-18-11-7-6-8-12-18)32-22(28)30-16-17-10-9-15-29-21(17)33(4)36(5,34)35/h6-15,31H,16H2,1-5H3,(H3,28,30,32)/b14-13+,20-19+. The van der Waals surface area contributed by atoms with Crippen LogP contribution in [0.3, 0.4) is 0 Å². The fraction of sp³-hybridized carbons (Fsp3) is 0.333. The van der Waals surface area contributed by atoms with E-state index in [9.17, 15) is 21.6 Å². The number of halogens is 3.